The molecule has 0 spiro atoms. The molecular weight excluding hydrogens is 423 g/mol. The average molecular weight is 463 g/mol. The minimum atomic E-state index is -0.115. The minimum Gasteiger partial charge on any atom is -0.371 e. The van der Waals surface area contributed by atoms with E-state index < -0.39 is 0 Å². The molecule has 34 heavy (non-hydrogen) atoms. The number of anilines is 1. The van der Waals surface area contributed by atoms with Crippen molar-refractivity contribution in [1.29, 1.82) is 0 Å². The van der Waals surface area contributed by atoms with E-state index >= 15 is 0 Å². The smallest absolute Gasteiger partial charge is 0.130 e. The summed E-state index contributed by atoms with van der Waals surface area (Å²) >= 11 is 0. The van der Waals surface area contributed by atoms with Crippen molar-refractivity contribution in [3.8, 4) is 0 Å². The quantitative estimate of drug-likeness (QED) is 0.654. The third-order valence-corrected chi connectivity index (χ3v) is 7.92. The van der Waals surface area contributed by atoms with E-state index in [0.717, 1.165) is 43.7 Å². The molecule has 3 aliphatic rings. The van der Waals surface area contributed by atoms with Gasteiger partial charge in [-0.3, -0.25) is 9.80 Å². The van der Waals surface area contributed by atoms with Crippen molar-refractivity contribution < 1.29 is 4.39 Å². The fourth-order valence-corrected chi connectivity index (χ4v) is 5.69. The maximum Gasteiger partial charge on any atom is 0.130 e. The van der Waals surface area contributed by atoms with Crippen LogP contribution in [0.2, 0.25) is 0 Å². The summed E-state index contributed by atoms with van der Waals surface area (Å²) in [6, 6.07) is 15.5. The topological polar surface area (TPSA) is 21.8 Å². The van der Waals surface area contributed by atoms with Crippen molar-refractivity contribution in [1.82, 2.24) is 15.1 Å². The second-order valence-electron chi connectivity index (χ2n) is 10.4. The number of halogens is 1. The van der Waals surface area contributed by atoms with Crippen molar-refractivity contribution in [3.05, 3.63) is 65.0 Å². The Labute approximate surface area is 204 Å². The van der Waals surface area contributed by atoms with Crippen LogP contribution in [0.5, 0.6) is 0 Å². The van der Waals surface area contributed by atoms with Gasteiger partial charge in [-0.15, -0.1) is 0 Å². The van der Waals surface area contributed by atoms with E-state index in [1.165, 1.54) is 55.8 Å². The molecule has 5 rings (SSSR count). The molecule has 5 heteroatoms. The van der Waals surface area contributed by atoms with Crippen LogP contribution < -0.4 is 10.2 Å². The number of piperidine rings is 1. The number of allylic oxidation sites excluding steroid dienone is 1. The summed E-state index contributed by atoms with van der Waals surface area (Å²) < 4.78 is 14.2. The molecule has 0 radical (unpaired) electrons. The van der Waals surface area contributed by atoms with Crippen molar-refractivity contribution in [3.63, 3.8) is 0 Å². The lowest BCUT2D eigenvalue weighted by Crippen LogP contribution is -2.51. The van der Waals surface area contributed by atoms with Crippen molar-refractivity contribution in [2.45, 2.75) is 45.2 Å². The van der Waals surface area contributed by atoms with Crippen molar-refractivity contribution in [2.75, 3.05) is 57.3 Å². The maximum atomic E-state index is 14.2. The molecule has 0 unspecified atom stereocenters. The summed E-state index contributed by atoms with van der Waals surface area (Å²) in [5, 5.41) is 3.82. The number of nitrogens with one attached hydrogen (secondary N) is 1. The van der Waals surface area contributed by atoms with Gasteiger partial charge in [0.25, 0.3) is 0 Å². The predicted molar refractivity (Wildman–Crippen MR) is 141 cm³/mol. The molecule has 1 aliphatic carbocycles. The first-order chi connectivity index (χ1) is 16.6. The summed E-state index contributed by atoms with van der Waals surface area (Å²) in [6.45, 7) is 13.8. The highest BCUT2D eigenvalue weighted by Gasteiger charge is 2.22. The zero-order valence-corrected chi connectivity index (χ0v) is 20.8. The maximum absolute atomic E-state index is 14.2. The van der Waals surface area contributed by atoms with Gasteiger partial charge in [0.1, 0.15) is 5.82 Å². The Bertz CT molecular complexity index is 1000. The van der Waals surface area contributed by atoms with Crippen LogP contribution in [0.25, 0.3) is 11.6 Å². The molecule has 182 valence electrons. The van der Waals surface area contributed by atoms with E-state index in [0.29, 0.717) is 12.1 Å². The molecule has 0 saturated carbocycles. The van der Waals surface area contributed by atoms with E-state index in [9.17, 15) is 4.39 Å². The lowest BCUT2D eigenvalue weighted by molar-refractivity contribution is 0.108. The van der Waals surface area contributed by atoms with Gasteiger partial charge in [0, 0.05) is 75.7 Å². The molecule has 2 fully saturated rings. The van der Waals surface area contributed by atoms with Crippen molar-refractivity contribution in [2.24, 2.45) is 0 Å². The van der Waals surface area contributed by atoms with E-state index in [1.54, 1.807) is 6.07 Å². The second kappa shape index (κ2) is 10.6. The van der Waals surface area contributed by atoms with Gasteiger partial charge < -0.3 is 10.2 Å². The van der Waals surface area contributed by atoms with Crippen molar-refractivity contribution >= 4 is 17.3 Å². The van der Waals surface area contributed by atoms with Crippen LogP contribution in [0.4, 0.5) is 10.1 Å². The zero-order valence-electron chi connectivity index (χ0n) is 20.8. The highest BCUT2D eigenvalue weighted by molar-refractivity contribution is 5.89. The minimum absolute atomic E-state index is 0.115. The van der Waals surface area contributed by atoms with E-state index in [4.69, 9.17) is 0 Å². The standard InChI is InChI=1S/C29H39FN4/c1-22(2)33-17-15-32(16-18-33)14-11-31-26-9-12-34(13-10-26)27-7-3-5-23(20-27)25-19-24-6-4-8-29(30)28(24)21-25/h3-8,20-22,26,31H,9-19H2,1-2H3. The predicted octanol–water partition coefficient (Wildman–Crippen LogP) is 4.51. The van der Waals surface area contributed by atoms with Gasteiger partial charge in [-0.2, -0.15) is 0 Å². The Morgan fingerprint density at radius 3 is 2.47 bits per heavy atom. The Morgan fingerprint density at radius 2 is 1.74 bits per heavy atom. The van der Waals surface area contributed by atoms with E-state index in [1.807, 2.05) is 18.2 Å². The van der Waals surface area contributed by atoms with Gasteiger partial charge in [-0.05, 0) is 74.1 Å². The molecule has 0 bridgehead atoms. The molecule has 2 aromatic rings. The molecule has 2 aromatic carbocycles. The van der Waals surface area contributed by atoms with Crippen LogP contribution in [-0.2, 0) is 6.42 Å². The van der Waals surface area contributed by atoms with E-state index in [2.05, 4.69) is 58.1 Å². The summed E-state index contributed by atoms with van der Waals surface area (Å²) in [5.41, 5.74) is 5.57. The number of piperazine rings is 1. The number of nitrogens with zero attached hydrogens (tertiary/aromatic N) is 3. The summed E-state index contributed by atoms with van der Waals surface area (Å²) in [6.07, 6.45) is 5.22. The Kier molecular flexibility index (Phi) is 7.33. The van der Waals surface area contributed by atoms with Gasteiger partial charge in [0.05, 0.1) is 0 Å². The first kappa shape index (κ1) is 23.5. The van der Waals surface area contributed by atoms with Gasteiger partial charge in [-0.1, -0.05) is 24.3 Å². The fourth-order valence-electron chi connectivity index (χ4n) is 5.69. The van der Waals surface area contributed by atoms with Crippen LogP contribution >= 0.6 is 0 Å². The van der Waals surface area contributed by atoms with Gasteiger partial charge in [-0.25, -0.2) is 4.39 Å². The zero-order chi connectivity index (χ0) is 23.5. The van der Waals surface area contributed by atoms with E-state index in [-0.39, 0.29) is 5.82 Å². The van der Waals surface area contributed by atoms with Crippen LogP contribution in [0.3, 0.4) is 0 Å². The number of hydrogen-bond acceptors (Lipinski definition) is 4. The van der Waals surface area contributed by atoms with Crippen LogP contribution in [0, 0.1) is 5.82 Å². The summed E-state index contributed by atoms with van der Waals surface area (Å²) in [5.74, 6) is -0.115. The molecule has 2 heterocycles. The Morgan fingerprint density at radius 1 is 0.971 bits per heavy atom. The molecule has 4 nitrogen and oxygen atoms in total. The first-order valence-electron chi connectivity index (χ1n) is 13.1. The normalized spacial score (nSPS) is 20.1. The molecule has 0 amide bonds. The number of hydrogen-bond donors (Lipinski definition) is 1. The monoisotopic (exact) mass is 462 g/mol. The van der Waals surface area contributed by atoms with Crippen LogP contribution in [0.1, 0.15) is 43.4 Å². The Balaban J connectivity index is 1.09. The lowest BCUT2D eigenvalue weighted by Gasteiger charge is -2.37. The largest absolute Gasteiger partial charge is 0.371 e. The second-order valence-corrected chi connectivity index (χ2v) is 10.4. The molecule has 0 atom stereocenters. The highest BCUT2D eigenvalue weighted by Crippen LogP contribution is 2.34. The summed E-state index contributed by atoms with van der Waals surface area (Å²) in [7, 11) is 0. The Hall–Kier alpha value is -2.21. The fraction of sp³-hybridized carbons (Fsp3) is 0.517. The molecule has 2 aliphatic heterocycles. The lowest BCUT2D eigenvalue weighted by atomic mass is 10.0. The van der Waals surface area contributed by atoms with Crippen LogP contribution in [-0.4, -0.2) is 74.2 Å². The van der Waals surface area contributed by atoms with Crippen LogP contribution in [0.15, 0.2) is 42.5 Å². The molecule has 0 aromatic heterocycles. The number of benzene rings is 2. The summed E-state index contributed by atoms with van der Waals surface area (Å²) in [4.78, 5) is 7.69. The third-order valence-electron chi connectivity index (χ3n) is 7.92. The molecular formula is C29H39FN4. The van der Waals surface area contributed by atoms with Gasteiger partial charge >= 0.3 is 0 Å². The van der Waals surface area contributed by atoms with Gasteiger partial charge in [0.2, 0.25) is 0 Å². The number of rotatable bonds is 7. The number of fused-ring (bicyclic) bond motifs is 1. The van der Waals surface area contributed by atoms with Gasteiger partial charge in [0.15, 0.2) is 0 Å². The molecule has 1 N–H and O–H groups in total. The highest BCUT2D eigenvalue weighted by atomic mass is 19.1. The SMILES string of the molecule is CC(C)N1CCN(CCNC2CCN(c3cccc(C4=Cc5c(F)cccc5C4)c3)CC2)CC1. The average Bonchev–Trinajstić information content (AvgIpc) is 3.31. The molecule has 2 saturated heterocycles. The first-order valence-corrected chi connectivity index (χ1v) is 13.1. The third kappa shape index (κ3) is 5.37.